The van der Waals surface area contributed by atoms with Crippen LogP contribution in [0.3, 0.4) is 0 Å². The first-order valence-electron chi connectivity index (χ1n) is 4.62. The molecule has 0 saturated heterocycles. The second kappa shape index (κ2) is 5.08. The first-order chi connectivity index (χ1) is 8.28. The SMILES string of the molecule is COC(=O)c1nc(OC(F)(F)F)c(N)cc1CN. The van der Waals surface area contributed by atoms with E-state index in [1.165, 1.54) is 0 Å². The molecule has 1 rings (SSSR count). The highest BCUT2D eigenvalue weighted by atomic mass is 19.4. The summed E-state index contributed by atoms with van der Waals surface area (Å²) in [6.07, 6.45) is -4.96. The minimum Gasteiger partial charge on any atom is -0.464 e. The maximum atomic E-state index is 12.1. The Kier molecular flexibility index (Phi) is 3.96. The molecule has 1 heterocycles. The highest BCUT2D eigenvalue weighted by Crippen LogP contribution is 2.28. The van der Waals surface area contributed by atoms with E-state index in [4.69, 9.17) is 11.5 Å². The van der Waals surface area contributed by atoms with Crippen molar-refractivity contribution in [1.82, 2.24) is 4.98 Å². The fourth-order valence-corrected chi connectivity index (χ4v) is 1.18. The molecule has 0 unspecified atom stereocenters. The summed E-state index contributed by atoms with van der Waals surface area (Å²) in [5, 5.41) is 0. The fourth-order valence-electron chi connectivity index (χ4n) is 1.18. The molecule has 0 aromatic carbocycles. The van der Waals surface area contributed by atoms with Crippen molar-refractivity contribution in [2.24, 2.45) is 5.73 Å². The van der Waals surface area contributed by atoms with Crippen LogP contribution in [0.2, 0.25) is 0 Å². The molecule has 6 nitrogen and oxygen atoms in total. The molecule has 0 radical (unpaired) electrons. The lowest BCUT2D eigenvalue weighted by Gasteiger charge is -2.13. The molecule has 1 aromatic rings. The number of anilines is 1. The van der Waals surface area contributed by atoms with Gasteiger partial charge in [-0.25, -0.2) is 9.78 Å². The summed E-state index contributed by atoms with van der Waals surface area (Å²) in [5.41, 5.74) is 10.1. The van der Waals surface area contributed by atoms with Gasteiger partial charge in [0.05, 0.1) is 12.8 Å². The molecular formula is C9H10F3N3O3. The second-order valence-electron chi connectivity index (χ2n) is 3.13. The van der Waals surface area contributed by atoms with Crippen LogP contribution in [0.25, 0.3) is 0 Å². The molecule has 18 heavy (non-hydrogen) atoms. The van der Waals surface area contributed by atoms with Crippen LogP contribution in [0.4, 0.5) is 18.9 Å². The van der Waals surface area contributed by atoms with E-state index in [1.807, 2.05) is 0 Å². The monoisotopic (exact) mass is 265 g/mol. The number of alkyl halides is 3. The van der Waals surface area contributed by atoms with E-state index < -0.39 is 18.2 Å². The van der Waals surface area contributed by atoms with Crippen LogP contribution in [0.15, 0.2) is 6.07 Å². The van der Waals surface area contributed by atoms with Crippen molar-refractivity contribution in [2.45, 2.75) is 12.9 Å². The van der Waals surface area contributed by atoms with E-state index in [0.717, 1.165) is 13.2 Å². The van der Waals surface area contributed by atoms with Gasteiger partial charge in [0.2, 0.25) is 5.88 Å². The van der Waals surface area contributed by atoms with Crippen LogP contribution in [-0.2, 0) is 11.3 Å². The quantitative estimate of drug-likeness (QED) is 0.784. The molecule has 0 atom stereocenters. The Morgan fingerprint density at radius 2 is 2.11 bits per heavy atom. The molecule has 0 aliphatic rings. The van der Waals surface area contributed by atoms with Gasteiger partial charge in [-0.1, -0.05) is 0 Å². The van der Waals surface area contributed by atoms with E-state index in [0.29, 0.717) is 0 Å². The summed E-state index contributed by atoms with van der Waals surface area (Å²) in [5.74, 6) is -1.84. The van der Waals surface area contributed by atoms with E-state index in [9.17, 15) is 18.0 Å². The van der Waals surface area contributed by atoms with Crippen molar-refractivity contribution in [2.75, 3.05) is 12.8 Å². The first-order valence-corrected chi connectivity index (χ1v) is 4.62. The highest BCUT2D eigenvalue weighted by Gasteiger charge is 2.33. The van der Waals surface area contributed by atoms with Gasteiger partial charge in [0.1, 0.15) is 0 Å². The van der Waals surface area contributed by atoms with Crippen LogP contribution in [0, 0.1) is 0 Å². The zero-order valence-electron chi connectivity index (χ0n) is 9.25. The summed E-state index contributed by atoms with van der Waals surface area (Å²) < 4.78 is 44.1. The molecule has 4 N–H and O–H groups in total. The summed E-state index contributed by atoms with van der Waals surface area (Å²) in [6, 6.07) is 1.08. The van der Waals surface area contributed by atoms with E-state index >= 15 is 0 Å². The van der Waals surface area contributed by atoms with Crippen LogP contribution in [0.5, 0.6) is 5.88 Å². The molecule has 0 aliphatic carbocycles. The standard InChI is InChI=1S/C9H10F3N3O3/c1-17-8(16)6-4(3-13)2-5(14)7(15-6)18-9(10,11)12/h2H,3,13-14H2,1H3. The Bertz CT molecular complexity index is 462. The van der Waals surface area contributed by atoms with Gasteiger partial charge in [-0.05, 0) is 6.07 Å². The maximum Gasteiger partial charge on any atom is 0.574 e. The number of carbonyl (C=O) groups is 1. The van der Waals surface area contributed by atoms with Crippen LogP contribution < -0.4 is 16.2 Å². The number of hydrogen-bond acceptors (Lipinski definition) is 6. The number of nitrogens with zero attached hydrogens (tertiary/aromatic N) is 1. The Balaban J connectivity index is 3.25. The van der Waals surface area contributed by atoms with E-state index in [-0.39, 0.29) is 23.5 Å². The Hall–Kier alpha value is -2.03. The second-order valence-corrected chi connectivity index (χ2v) is 3.13. The van der Waals surface area contributed by atoms with Crippen LogP contribution in [0.1, 0.15) is 16.1 Å². The summed E-state index contributed by atoms with van der Waals surface area (Å²) >= 11 is 0. The number of pyridine rings is 1. The molecular weight excluding hydrogens is 255 g/mol. The molecule has 0 saturated carbocycles. The van der Waals surface area contributed by atoms with Crippen LogP contribution >= 0.6 is 0 Å². The lowest BCUT2D eigenvalue weighted by Crippen LogP contribution is -2.21. The van der Waals surface area contributed by atoms with E-state index in [2.05, 4.69) is 14.5 Å². The average molecular weight is 265 g/mol. The molecule has 0 spiro atoms. The number of carbonyl (C=O) groups excluding carboxylic acids is 1. The van der Waals surface area contributed by atoms with Crippen LogP contribution in [-0.4, -0.2) is 24.4 Å². The number of aromatic nitrogens is 1. The molecule has 9 heteroatoms. The Morgan fingerprint density at radius 1 is 1.50 bits per heavy atom. The number of rotatable bonds is 3. The highest BCUT2D eigenvalue weighted by molar-refractivity contribution is 5.89. The Labute approximate surface area is 99.7 Å². The average Bonchev–Trinajstić information content (AvgIpc) is 2.28. The summed E-state index contributed by atoms with van der Waals surface area (Å²) in [4.78, 5) is 14.7. The first kappa shape index (κ1) is 14.0. The van der Waals surface area contributed by atoms with Gasteiger partial charge in [-0.3, -0.25) is 0 Å². The predicted octanol–water partition coefficient (Wildman–Crippen LogP) is 0.808. The third-order valence-electron chi connectivity index (χ3n) is 1.91. The zero-order valence-corrected chi connectivity index (χ0v) is 9.25. The van der Waals surface area contributed by atoms with Crippen molar-refractivity contribution in [1.29, 1.82) is 0 Å². The van der Waals surface area contributed by atoms with Gasteiger partial charge < -0.3 is 20.9 Å². The third kappa shape index (κ3) is 3.23. The summed E-state index contributed by atoms with van der Waals surface area (Å²) in [6.45, 7) is -0.131. The normalized spacial score (nSPS) is 11.2. The van der Waals surface area contributed by atoms with Crippen molar-refractivity contribution in [3.05, 3.63) is 17.3 Å². The number of nitrogens with two attached hydrogens (primary N) is 2. The van der Waals surface area contributed by atoms with Gasteiger partial charge in [-0.2, -0.15) is 0 Å². The van der Waals surface area contributed by atoms with Crippen molar-refractivity contribution >= 4 is 11.7 Å². The maximum absolute atomic E-state index is 12.1. The number of methoxy groups -OCH3 is 1. The fraction of sp³-hybridized carbons (Fsp3) is 0.333. The van der Waals surface area contributed by atoms with Gasteiger partial charge >= 0.3 is 12.3 Å². The Morgan fingerprint density at radius 3 is 2.56 bits per heavy atom. The molecule has 1 aromatic heterocycles. The van der Waals surface area contributed by atoms with Crippen molar-refractivity contribution in [3.63, 3.8) is 0 Å². The molecule has 100 valence electrons. The lowest BCUT2D eigenvalue weighted by molar-refractivity contribution is -0.275. The summed E-state index contributed by atoms with van der Waals surface area (Å²) in [7, 11) is 1.06. The van der Waals surface area contributed by atoms with Gasteiger partial charge in [0.15, 0.2) is 5.69 Å². The van der Waals surface area contributed by atoms with Crippen molar-refractivity contribution < 1.29 is 27.4 Å². The number of ether oxygens (including phenoxy) is 2. The largest absolute Gasteiger partial charge is 0.574 e. The smallest absolute Gasteiger partial charge is 0.464 e. The third-order valence-corrected chi connectivity index (χ3v) is 1.91. The number of esters is 1. The molecule has 0 fully saturated rings. The minimum absolute atomic E-state index is 0.131. The molecule has 0 aliphatic heterocycles. The van der Waals surface area contributed by atoms with Gasteiger partial charge in [-0.15, -0.1) is 13.2 Å². The van der Waals surface area contributed by atoms with Gasteiger partial charge in [0, 0.05) is 12.1 Å². The van der Waals surface area contributed by atoms with E-state index in [1.54, 1.807) is 0 Å². The minimum atomic E-state index is -4.96. The zero-order chi connectivity index (χ0) is 13.9. The number of hydrogen-bond donors (Lipinski definition) is 2. The lowest BCUT2D eigenvalue weighted by atomic mass is 10.2. The molecule has 0 bridgehead atoms. The van der Waals surface area contributed by atoms with Gasteiger partial charge in [0.25, 0.3) is 0 Å². The number of halogens is 3. The number of nitrogen functional groups attached to an aromatic ring is 1. The topological polar surface area (TPSA) is 100 Å². The predicted molar refractivity (Wildman–Crippen MR) is 54.6 cm³/mol. The molecule has 0 amide bonds. The van der Waals surface area contributed by atoms with Crippen molar-refractivity contribution in [3.8, 4) is 5.88 Å².